The zero-order valence-corrected chi connectivity index (χ0v) is 12.2. The van der Waals surface area contributed by atoms with Gasteiger partial charge in [0, 0.05) is 20.3 Å². The molecule has 0 spiro atoms. The van der Waals surface area contributed by atoms with Crippen LogP contribution in [0.25, 0.3) is 0 Å². The summed E-state index contributed by atoms with van der Waals surface area (Å²) in [4.78, 5) is 4.58. The number of benzene rings is 2. The van der Waals surface area contributed by atoms with Gasteiger partial charge in [-0.05, 0) is 29.8 Å². The van der Waals surface area contributed by atoms with E-state index in [4.69, 9.17) is 0 Å². The Labute approximate surface area is 119 Å². The van der Waals surface area contributed by atoms with Gasteiger partial charge in [0.1, 0.15) is 0 Å². The summed E-state index contributed by atoms with van der Waals surface area (Å²) in [5.74, 6) is 0. The summed E-state index contributed by atoms with van der Waals surface area (Å²) in [5, 5.41) is 0. The van der Waals surface area contributed by atoms with Crippen LogP contribution in [0.4, 0.5) is 5.69 Å². The summed E-state index contributed by atoms with van der Waals surface area (Å²) >= 11 is 0. The maximum Gasteiger partial charge on any atom is 0.242 e. The number of hydrogen-bond acceptors (Lipinski definition) is 3. The minimum atomic E-state index is -3.38. The van der Waals surface area contributed by atoms with E-state index in [1.807, 2.05) is 30.3 Å². The average molecular weight is 288 g/mol. The zero-order valence-electron chi connectivity index (χ0n) is 11.4. The van der Waals surface area contributed by atoms with Crippen molar-refractivity contribution < 1.29 is 8.42 Å². The van der Waals surface area contributed by atoms with Crippen LogP contribution in [-0.2, 0) is 10.0 Å². The van der Waals surface area contributed by atoms with Crippen LogP contribution in [0.2, 0.25) is 0 Å². The minimum absolute atomic E-state index is 0.265. The van der Waals surface area contributed by atoms with Crippen molar-refractivity contribution in [3.8, 4) is 0 Å². The third-order valence-corrected chi connectivity index (χ3v) is 4.61. The molecule has 2 aromatic rings. The molecule has 0 heterocycles. The van der Waals surface area contributed by atoms with Gasteiger partial charge in [-0.15, -0.1) is 0 Å². The van der Waals surface area contributed by atoms with Gasteiger partial charge < -0.3 is 0 Å². The highest BCUT2D eigenvalue weighted by molar-refractivity contribution is 7.89. The van der Waals surface area contributed by atoms with Crippen LogP contribution >= 0.6 is 0 Å². The standard InChI is InChI=1S/C15H16N2O2S/c1-17(2)20(18,19)15-10-8-14(9-11-15)16-12-13-6-4-3-5-7-13/h3-12H,1-2H3. The Morgan fingerprint density at radius 2 is 1.55 bits per heavy atom. The predicted octanol–water partition coefficient (Wildman–Crippen LogP) is 2.69. The highest BCUT2D eigenvalue weighted by atomic mass is 32.2. The van der Waals surface area contributed by atoms with Gasteiger partial charge in [-0.3, -0.25) is 4.99 Å². The normalized spacial score (nSPS) is 12.2. The van der Waals surface area contributed by atoms with Gasteiger partial charge in [0.25, 0.3) is 0 Å². The Balaban J connectivity index is 2.20. The molecule has 2 aromatic carbocycles. The van der Waals surface area contributed by atoms with Gasteiger partial charge in [0.05, 0.1) is 10.6 Å². The van der Waals surface area contributed by atoms with Crippen molar-refractivity contribution in [1.29, 1.82) is 0 Å². The third kappa shape index (κ3) is 3.31. The fraction of sp³-hybridized carbons (Fsp3) is 0.133. The lowest BCUT2D eigenvalue weighted by Crippen LogP contribution is -2.21. The molecule has 0 aliphatic rings. The molecule has 0 atom stereocenters. The molecule has 0 aliphatic carbocycles. The maximum absolute atomic E-state index is 11.9. The lowest BCUT2D eigenvalue weighted by Gasteiger charge is -2.10. The third-order valence-electron chi connectivity index (χ3n) is 2.78. The van der Waals surface area contributed by atoms with Crippen molar-refractivity contribution in [2.24, 2.45) is 4.99 Å². The number of nitrogens with zero attached hydrogens (tertiary/aromatic N) is 2. The Kier molecular flexibility index (Phi) is 4.32. The van der Waals surface area contributed by atoms with Crippen molar-refractivity contribution in [2.75, 3.05) is 14.1 Å². The molecule has 0 radical (unpaired) electrons. The lowest BCUT2D eigenvalue weighted by atomic mass is 10.2. The van der Waals surface area contributed by atoms with Crippen LogP contribution in [0.5, 0.6) is 0 Å². The molecule has 0 unspecified atom stereocenters. The molecule has 5 heteroatoms. The zero-order chi connectivity index (χ0) is 14.6. The molecule has 0 amide bonds. The highest BCUT2D eigenvalue weighted by Gasteiger charge is 2.16. The van der Waals surface area contributed by atoms with E-state index in [0.717, 1.165) is 5.56 Å². The second kappa shape index (κ2) is 5.98. The van der Waals surface area contributed by atoms with Gasteiger partial charge >= 0.3 is 0 Å². The van der Waals surface area contributed by atoms with Crippen LogP contribution in [0.15, 0.2) is 64.5 Å². The van der Waals surface area contributed by atoms with Crippen LogP contribution < -0.4 is 0 Å². The Hall–Kier alpha value is -1.98. The van der Waals surface area contributed by atoms with Crippen LogP contribution in [0.3, 0.4) is 0 Å². The number of aliphatic imine (C=N–C) groups is 1. The number of sulfonamides is 1. The molecule has 0 saturated heterocycles. The van der Waals surface area contributed by atoms with Crippen molar-refractivity contribution in [3.05, 3.63) is 60.2 Å². The molecule has 20 heavy (non-hydrogen) atoms. The number of hydrogen-bond donors (Lipinski definition) is 0. The van der Waals surface area contributed by atoms with Crippen LogP contribution in [0.1, 0.15) is 5.56 Å². The largest absolute Gasteiger partial charge is 0.256 e. The van der Waals surface area contributed by atoms with Crippen molar-refractivity contribution in [1.82, 2.24) is 4.31 Å². The molecular weight excluding hydrogens is 272 g/mol. The summed E-state index contributed by atoms with van der Waals surface area (Å²) < 4.78 is 25.0. The molecule has 4 nitrogen and oxygen atoms in total. The first-order valence-electron chi connectivity index (χ1n) is 6.12. The second-order valence-corrected chi connectivity index (χ2v) is 6.60. The van der Waals surface area contributed by atoms with E-state index in [-0.39, 0.29) is 4.90 Å². The highest BCUT2D eigenvalue weighted by Crippen LogP contribution is 2.18. The van der Waals surface area contributed by atoms with E-state index in [1.54, 1.807) is 30.5 Å². The molecule has 2 rings (SSSR count). The molecular formula is C15H16N2O2S. The fourth-order valence-electron chi connectivity index (χ4n) is 1.60. The lowest BCUT2D eigenvalue weighted by molar-refractivity contribution is 0.521. The molecule has 0 saturated carbocycles. The number of rotatable bonds is 4. The summed E-state index contributed by atoms with van der Waals surface area (Å²) in [6, 6.07) is 16.2. The van der Waals surface area contributed by atoms with Gasteiger partial charge in [0.2, 0.25) is 10.0 Å². The SMILES string of the molecule is CN(C)S(=O)(=O)c1ccc(N=Cc2ccccc2)cc1. The Morgan fingerprint density at radius 3 is 2.10 bits per heavy atom. The van der Waals surface area contributed by atoms with Gasteiger partial charge in [-0.1, -0.05) is 30.3 Å². The van der Waals surface area contributed by atoms with E-state index in [9.17, 15) is 8.42 Å². The smallest absolute Gasteiger partial charge is 0.242 e. The van der Waals surface area contributed by atoms with Crippen LogP contribution in [-0.4, -0.2) is 33.0 Å². The van der Waals surface area contributed by atoms with Crippen molar-refractivity contribution in [2.45, 2.75) is 4.90 Å². The van der Waals surface area contributed by atoms with Crippen molar-refractivity contribution in [3.63, 3.8) is 0 Å². The van der Waals surface area contributed by atoms with E-state index in [0.29, 0.717) is 5.69 Å². The van der Waals surface area contributed by atoms with Gasteiger partial charge in [-0.2, -0.15) is 0 Å². The molecule has 0 fully saturated rings. The second-order valence-electron chi connectivity index (χ2n) is 4.45. The summed E-state index contributed by atoms with van der Waals surface area (Å²) in [6.45, 7) is 0. The summed E-state index contributed by atoms with van der Waals surface area (Å²) in [7, 11) is -0.358. The predicted molar refractivity (Wildman–Crippen MR) is 81.0 cm³/mol. The fourth-order valence-corrected chi connectivity index (χ4v) is 2.50. The monoisotopic (exact) mass is 288 g/mol. The first kappa shape index (κ1) is 14.4. The van der Waals surface area contributed by atoms with E-state index in [2.05, 4.69) is 4.99 Å². The first-order chi connectivity index (χ1) is 9.50. The van der Waals surface area contributed by atoms with Gasteiger partial charge in [-0.25, -0.2) is 12.7 Å². The molecule has 0 N–H and O–H groups in total. The molecule has 0 aromatic heterocycles. The molecule has 0 bridgehead atoms. The summed E-state index contributed by atoms with van der Waals surface area (Å²) in [6.07, 6.45) is 1.75. The minimum Gasteiger partial charge on any atom is -0.256 e. The first-order valence-corrected chi connectivity index (χ1v) is 7.56. The summed E-state index contributed by atoms with van der Waals surface area (Å²) in [5.41, 5.74) is 1.71. The molecule has 0 aliphatic heterocycles. The quantitative estimate of drug-likeness (QED) is 0.812. The Morgan fingerprint density at radius 1 is 0.950 bits per heavy atom. The van der Waals surface area contributed by atoms with E-state index >= 15 is 0 Å². The van der Waals surface area contributed by atoms with Crippen molar-refractivity contribution >= 4 is 21.9 Å². The average Bonchev–Trinajstić information content (AvgIpc) is 2.46. The van der Waals surface area contributed by atoms with E-state index < -0.39 is 10.0 Å². The Bertz CT molecular complexity index is 690. The van der Waals surface area contributed by atoms with Crippen LogP contribution in [0, 0.1) is 0 Å². The molecule has 104 valence electrons. The van der Waals surface area contributed by atoms with E-state index in [1.165, 1.54) is 18.4 Å². The van der Waals surface area contributed by atoms with Gasteiger partial charge in [0.15, 0.2) is 0 Å². The topological polar surface area (TPSA) is 49.7 Å². The maximum atomic E-state index is 11.9.